The third-order valence-corrected chi connectivity index (χ3v) is 4.31. The van der Waals surface area contributed by atoms with Gasteiger partial charge in [0.1, 0.15) is 4.99 Å². The summed E-state index contributed by atoms with van der Waals surface area (Å²) in [6.45, 7) is 1.79. The van der Waals surface area contributed by atoms with Crippen LogP contribution in [0, 0.1) is 0 Å². The Balaban J connectivity index is 2.46. The molecule has 0 atom stereocenters. The first-order valence-electron chi connectivity index (χ1n) is 6.43. The average Bonchev–Trinajstić information content (AvgIpc) is 2.46. The first-order chi connectivity index (χ1) is 9.97. The van der Waals surface area contributed by atoms with E-state index in [0.29, 0.717) is 38.3 Å². The van der Waals surface area contributed by atoms with Gasteiger partial charge in [0.05, 0.1) is 18.1 Å². The monoisotopic (exact) mass is 332 g/mol. The van der Waals surface area contributed by atoms with Crippen molar-refractivity contribution < 1.29 is 17.9 Å². The van der Waals surface area contributed by atoms with Crippen LogP contribution in [0.1, 0.15) is 12.0 Å². The molecule has 0 spiro atoms. The van der Waals surface area contributed by atoms with Crippen LogP contribution in [0.2, 0.25) is 0 Å². The maximum Gasteiger partial charge on any atom is 0.240 e. The molecule has 0 aliphatic carbocycles. The van der Waals surface area contributed by atoms with Crippen LogP contribution in [-0.2, 0) is 19.5 Å². The Kier molecular flexibility index (Phi) is 7.76. The molecule has 118 valence electrons. The molecule has 0 heterocycles. The molecule has 0 fully saturated rings. The summed E-state index contributed by atoms with van der Waals surface area (Å²) < 4.78 is 36.8. The van der Waals surface area contributed by atoms with Gasteiger partial charge in [-0.25, -0.2) is 13.1 Å². The summed E-state index contributed by atoms with van der Waals surface area (Å²) in [5.41, 5.74) is 6.02. The number of methoxy groups -OCH3 is 1. The van der Waals surface area contributed by atoms with E-state index < -0.39 is 10.0 Å². The minimum atomic E-state index is -3.56. The van der Waals surface area contributed by atoms with Crippen LogP contribution in [0.25, 0.3) is 0 Å². The first-order valence-corrected chi connectivity index (χ1v) is 8.32. The van der Waals surface area contributed by atoms with Crippen LogP contribution in [0.5, 0.6) is 0 Å². The zero-order valence-corrected chi connectivity index (χ0v) is 13.5. The summed E-state index contributed by atoms with van der Waals surface area (Å²) in [5.74, 6) is 0. The van der Waals surface area contributed by atoms with Crippen molar-refractivity contribution in [1.82, 2.24) is 4.72 Å². The van der Waals surface area contributed by atoms with Gasteiger partial charge in [0, 0.05) is 25.8 Å². The summed E-state index contributed by atoms with van der Waals surface area (Å²) in [5, 5.41) is 0. The van der Waals surface area contributed by atoms with E-state index in [1.165, 1.54) is 12.1 Å². The molecule has 21 heavy (non-hydrogen) atoms. The molecule has 6 nitrogen and oxygen atoms in total. The highest BCUT2D eigenvalue weighted by Crippen LogP contribution is 2.11. The predicted molar refractivity (Wildman–Crippen MR) is 84.8 cm³/mol. The molecular weight excluding hydrogens is 312 g/mol. The molecule has 1 aromatic rings. The van der Waals surface area contributed by atoms with Crippen molar-refractivity contribution in [2.45, 2.75) is 11.3 Å². The molecule has 0 bridgehead atoms. The molecule has 0 radical (unpaired) electrons. The predicted octanol–water partition coefficient (Wildman–Crippen LogP) is 0.652. The van der Waals surface area contributed by atoms with Gasteiger partial charge in [-0.2, -0.15) is 0 Å². The van der Waals surface area contributed by atoms with Crippen molar-refractivity contribution >= 4 is 27.2 Å². The Morgan fingerprint density at radius 1 is 1.33 bits per heavy atom. The van der Waals surface area contributed by atoms with Crippen LogP contribution in [0.4, 0.5) is 0 Å². The van der Waals surface area contributed by atoms with Gasteiger partial charge in [0.2, 0.25) is 10.0 Å². The number of ether oxygens (including phenoxy) is 2. The van der Waals surface area contributed by atoms with Crippen molar-refractivity contribution in [3.63, 3.8) is 0 Å². The van der Waals surface area contributed by atoms with Gasteiger partial charge in [0.25, 0.3) is 0 Å². The summed E-state index contributed by atoms with van der Waals surface area (Å²) >= 11 is 4.84. The number of thiocarbonyl (C=S) groups is 1. The third-order valence-electron chi connectivity index (χ3n) is 2.62. The number of sulfonamides is 1. The molecule has 0 unspecified atom stereocenters. The minimum Gasteiger partial charge on any atom is -0.389 e. The van der Waals surface area contributed by atoms with Gasteiger partial charge in [-0.15, -0.1) is 0 Å². The number of rotatable bonds is 10. The number of hydrogen-bond acceptors (Lipinski definition) is 5. The highest BCUT2D eigenvalue weighted by Gasteiger charge is 2.14. The van der Waals surface area contributed by atoms with E-state index in [0.717, 1.165) is 0 Å². The van der Waals surface area contributed by atoms with Crippen LogP contribution in [0.3, 0.4) is 0 Å². The zero-order chi connectivity index (χ0) is 15.7. The lowest BCUT2D eigenvalue weighted by atomic mass is 10.2. The van der Waals surface area contributed by atoms with Gasteiger partial charge >= 0.3 is 0 Å². The molecule has 0 aliphatic heterocycles. The fourth-order valence-electron chi connectivity index (χ4n) is 1.52. The van der Waals surface area contributed by atoms with E-state index >= 15 is 0 Å². The lowest BCUT2D eigenvalue weighted by Gasteiger charge is -2.08. The molecule has 0 saturated carbocycles. The number of benzene rings is 1. The summed E-state index contributed by atoms with van der Waals surface area (Å²) in [6.07, 6.45) is 0.581. The van der Waals surface area contributed by atoms with Gasteiger partial charge < -0.3 is 15.2 Å². The zero-order valence-electron chi connectivity index (χ0n) is 11.9. The fourth-order valence-corrected chi connectivity index (χ4v) is 2.77. The smallest absolute Gasteiger partial charge is 0.240 e. The highest BCUT2D eigenvalue weighted by atomic mass is 32.2. The second-order valence-corrected chi connectivity index (χ2v) is 6.46. The molecule has 0 aliphatic rings. The maximum atomic E-state index is 12.1. The molecule has 8 heteroatoms. The van der Waals surface area contributed by atoms with Crippen LogP contribution >= 0.6 is 12.2 Å². The Labute approximate surface area is 130 Å². The van der Waals surface area contributed by atoms with Crippen molar-refractivity contribution in [3.8, 4) is 0 Å². The topological polar surface area (TPSA) is 90.6 Å². The van der Waals surface area contributed by atoms with E-state index in [4.69, 9.17) is 27.4 Å². The lowest BCUT2D eigenvalue weighted by Crippen LogP contribution is -2.26. The SMILES string of the molecule is COCCOCCCNS(=O)(=O)c1cccc(C(N)=S)c1. The molecule has 1 rings (SSSR count). The summed E-state index contributed by atoms with van der Waals surface area (Å²) in [7, 11) is -1.96. The Morgan fingerprint density at radius 2 is 2.10 bits per heavy atom. The molecule has 0 aromatic heterocycles. The van der Waals surface area contributed by atoms with Crippen molar-refractivity contribution in [2.24, 2.45) is 5.73 Å². The number of hydrogen-bond donors (Lipinski definition) is 2. The summed E-state index contributed by atoms with van der Waals surface area (Å²) in [4.78, 5) is 0.312. The third kappa shape index (κ3) is 6.49. The average molecular weight is 332 g/mol. The molecule has 0 saturated heterocycles. The van der Waals surface area contributed by atoms with Crippen LogP contribution in [-0.4, -0.2) is 46.9 Å². The Hall–Kier alpha value is -1.06. The largest absolute Gasteiger partial charge is 0.389 e. The number of nitrogens with two attached hydrogens (primary N) is 1. The standard InChI is InChI=1S/C13H20N2O4S2/c1-18-8-9-19-7-3-6-15-21(16,17)12-5-2-4-11(10-12)13(14)20/h2,4-5,10,15H,3,6-9H2,1H3,(H2,14,20). The molecule has 1 aromatic carbocycles. The normalized spacial score (nSPS) is 11.5. The Morgan fingerprint density at radius 3 is 2.76 bits per heavy atom. The quantitative estimate of drug-likeness (QED) is 0.483. The van der Waals surface area contributed by atoms with E-state index in [-0.39, 0.29) is 9.88 Å². The minimum absolute atomic E-state index is 0.146. The van der Waals surface area contributed by atoms with E-state index in [2.05, 4.69) is 4.72 Å². The lowest BCUT2D eigenvalue weighted by molar-refractivity contribution is 0.0699. The molecule has 3 N–H and O–H groups in total. The fraction of sp³-hybridized carbons (Fsp3) is 0.462. The summed E-state index contributed by atoms with van der Waals surface area (Å²) in [6, 6.07) is 6.24. The number of nitrogens with one attached hydrogen (secondary N) is 1. The van der Waals surface area contributed by atoms with Crippen molar-refractivity contribution in [3.05, 3.63) is 29.8 Å². The Bertz CT molecular complexity index is 561. The van der Waals surface area contributed by atoms with Gasteiger partial charge in [-0.3, -0.25) is 0 Å². The van der Waals surface area contributed by atoms with E-state index in [9.17, 15) is 8.42 Å². The molecular formula is C13H20N2O4S2. The van der Waals surface area contributed by atoms with Gasteiger partial charge in [0.15, 0.2) is 0 Å². The maximum absolute atomic E-state index is 12.1. The second kappa shape index (κ2) is 9.06. The second-order valence-electron chi connectivity index (χ2n) is 4.25. The van der Waals surface area contributed by atoms with Crippen LogP contribution < -0.4 is 10.5 Å². The van der Waals surface area contributed by atoms with E-state index in [1.807, 2.05) is 0 Å². The van der Waals surface area contributed by atoms with Gasteiger partial charge in [-0.1, -0.05) is 24.4 Å². The van der Waals surface area contributed by atoms with Crippen molar-refractivity contribution in [2.75, 3.05) is 33.5 Å². The first kappa shape index (κ1) is 18.0. The molecule has 0 amide bonds. The van der Waals surface area contributed by atoms with Crippen molar-refractivity contribution in [1.29, 1.82) is 0 Å². The highest BCUT2D eigenvalue weighted by molar-refractivity contribution is 7.89. The van der Waals surface area contributed by atoms with E-state index in [1.54, 1.807) is 19.2 Å². The van der Waals surface area contributed by atoms with Crippen LogP contribution in [0.15, 0.2) is 29.2 Å². The van der Waals surface area contributed by atoms with Gasteiger partial charge in [-0.05, 0) is 18.6 Å².